The van der Waals surface area contributed by atoms with Gasteiger partial charge in [-0.2, -0.15) is 0 Å². The Hall–Kier alpha value is -1.55. The van der Waals surface area contributed by atoms with Crippen LogP contribution in [0.1, 0.15) is 22.3 Å². The lowest BCUT2D eigenvalue weighted by molar-refractivity contribution is 0.0271. The molecule has 4 nitrogen and oxygen atoms in total. The van der Waals surface area contributed by atoms with Crippen LogP contribution in [0.3, 0.4) is 0 Å². The molecule has 90 valence electrons. The van der Waals surface area contributed by atoms with Crippen LogP contribution < -0.4 is 5.32 Å². The average Bonchev–Trinajstić information content (AvgIpc) is 2.97. The molecule has 1 fully saturated rings. The van der Waals surface area contributed by atoms with Crippen LogP contribution in [0, 0.1) is 0 Å². The highest BCUT2D eigenvalue weighted by atomic mass is 16.6. The summed E-state index contributed by atoms with van der Waals surface area (Å²) in [5.41, 5.74) is 2.94. The lowest BCUT2D eigenvalue weighted by Crippen LogP contribution is -2.18. The van der Waals surface area contributed by atoms with Crippen molar-refractivity contribution in [2.75, 3.05) is 25.1 Å². The van der Waals surface area contributed by atoms with Gasteiger partial charge in [0.25, 0.3) is 0 Å². The van der Waals surface area contributed by atoms with Gasteiger partial charge in [-0.05, 0) is 24.1 Å². The summed E-state index contributed by atoms with van der Waals surface area (Å²) in [4.78, 5) is 11.9. The molecule has 17 heavy (non-hydrogen) atoms. The molecule has 2 aliphatic heterocycles. The number of anilines is 1. The molecule has 4 heteroatoms. The Morgan fingerprint density at radius 2 is 2.41 bits per heavy atom. The van der Waals surface area contributed by atoms with Gasteiger partial charge in [-0.1, -0.05) is 6.07 Å². The summed E-state index contributed by atoms with van der Waals surface area (Å²) in [6.45, 7) is 2.16. The molecule has 3 rings (SSSR count). The van der Waals surface area contributed by atoms with E-state index < -0.39 is 0 Å². The molecule has 1 aromatic rings. The van der Waals surface area contributed by atoms with Crippen molar-refractivity contribution in [3.05, 3.63) is 29.3 Å². The van der Waals surface area contributed by atoms with Crippen molar-refractivity contribution in [2.24, 2.45) is 0 Å². The van der Waals surface area contributed by atoms with Crippen LogP contribution in [0.25, 0.3) is 0 Å². The number of rotatable bonds is 2. The number of ether oxygens (including phenoxy) is 2. The molecule has 2 heterocycles. The molecular weight excluding hydrogens is 218 g/mol. The van der Waals surface area contributed by atoms with Crippen LogP contribution in [0.15, 0.2) is 18.2 Å². The third-order valence-corrected chi connectivity index (χ3v) is 3.22. The maximum Gasteiger partial charge on any atom is 0.338 e. The predicted molar refractivity (Wildman–Crippen MR) is 63.3 cm³/mol. The van der Waals surface area contributed by atoms with Crippen molar-refractivity contribution in [3.8, 4) is 0 Å². The van der Waals surface area contributed by atoms with E-state index in [4.69, 9.17) is 9.47 Å². The number of carbonyl (C=O) groups excluding carboxylic acids is 1. The minimum atomic E-state index is -0.253. The van der Waals surface area contributed by atoms with Crippen LogP contribution in [0.2, 0.25) is 0 Å². The largest absolute Gasteiger partial charge is 0.456 e. The van der Waals surface area contributed by atoms with E-state index in [2.05, 4.69) is 5.32 Å². The minimum absolute atomic E-state index is 0.0799. The highest BCUT2D eigenvalue weighted by Gasteiger charge is 2.21. The first kappa shape index (κ1) is 10.6. The summed E-state index contributed by atoms with van der Waals surface area (Å²) in [6.07, 6.45) is 1.75. The number of esters is 1. The van der Waals surface area contributed by atoms with Crippen LogP contribution in [-0.2, 0) is 15.9 Å². The van der Waals surface area contributed by atoms with Crippen molar-refractivity contribution in [1.29, 1.82) is 0 Å². The van der Waals surface area contributed by atoms with E-state index in [0.717, 1.165) is 25.1 Å². The molecule has 1 aromatic carbocycles. The SMILES string of the molecule is O=C(OC1CCOC1)c1ccc2c(c1)NCC2. The normalized spacial score (nSPS) is 22.0. The van der Waals surface area contributed by atoms with Gasteiger partial charge < -0.3 is 14.8 Å². The van der Waals surface area contributed by atoms with E-state index in [0.29, 0.717) is 18.8 Å². The van der Waals surface area contributed by atoms with Crippen LogP contribution >= 0.6 is 0 Å². The number of nitrogens with one attached hydrogen (secondary N) is 1. The highest BCUT2D eigenvalue weighted by molar-refractivity contribution is 5.91. The predicted octanol–water partition coefficient (Wildman–Crippen LogP) is 1.60. The van der Waals surface area contributed by atoms with Gasteiger partial charge in [-0.3, -0.25) is 0 Å². The third kappa shape index (κ3) is 2.13. The average molecular weight is 233 g/mol. The molecule has 1 N–H and O–H groups in total. The molecular formula is C13H15NO3. The quantitative estimate of drug-likeness (QED) is 0.788. The van der Waals surface area contributed by atoms with Crippen LogP contribution in [-0.4, -0.2) is 31.8 Å². The monoisotopic (exact) mass is 233 g/mol. The second-order valence-corrected chi connectivity index (χ2v) is 4.44. The van der Waals surface area contributed by atoms with Crippen LogP contribution in [0.5, 0.6) is 0 Å². The van der Waals surface area contributed by atoms with Gasteiger partial charge in [-0.25, -0.2) is 4.79 Å². The number of hydrogen-bond acceptors (Lipinski definition) is 4. The van der Waals surface area contributed by atoms with Crippen molar-refractivity contribution in [2.45, 2.75) is 18.9 Å². The molecule has 0 saturated carbocycles. The Morgan fingerprint density at radius 1 is 1.47 bits per heavy atom. The van der Waals surface area contributed by atoms with Gasteiger partial charge in [0.15, 0.2) is 0 Å². The van der Waals surface area contributed by atoms with Crippen molar-refractivity contribution in [3.63, 3.8) is 0 Å². The first-order chi connectivity index (χ1) is 8.33. The molecule has 0 aromatic heterocycles. The Morgan fingerprint density at radius 3 is 3.24 bits per heavy atom. The van der Waals surface area contributed by atoms with E-state index in [9.17, 15) is 4.79 Å². The Balaban J connectivity index is 1.72. The Kier molecular flexibility index (Phi) is 2.73. The molecule has 1 saturated heterocycles. The van der Waals surface area contributed by atoms with Crippen molar-refractivity contribution >= 4 is 11.7 Å². The molecule has 1 unspecified atom stereocenters. The van der Waals surface area contributed by atoms with Crippen LogP contribution in [0.4, 0.5) is 5.69 Å². The molecule has 0 bridgehead atoms. The molecule has 0 radical (unpaired) electrons. The number of fused-ring (bicyclic) bond motifs is 1. The maximum absolute atomic E-state index is 11.9. The summed E-state index contributed by atoms with van der Waals surface area (Å²) < 4.78 is 10.5. The lowest BCUT2D eigenvalue weighted by Gasteiger charge is -2.10. The zero-order chi connectivity index (χ0) is 11.7. The molecule has 1 atom stereocenters. The highest BCUT2D eigenvalue weighted by Crippen LogP contribution is 2.24. The lowest BCUT2D eigenvalue weighted by atomic mass is 10.1. The van der Waals surface area contributed by atoms with E-state index >= 15 is 0 Å². The van der Waals surface area contributed by atoms with Gasteiger partial charge in [-0.15, -0.1) is 0 Å². The third-order valence-electron chi connectivity index (χ3n) is 3.22. The zero-order valence-electron chi connectivity index (χ0n) is 9.57. The summed E-state index contributed by atoms with van der Waals surface area (Å²) in [6, 6.07) is 5.71. The van der Waals surface area contributed by atoms with Crippen molar-refractivity contribution < 1.29 is 14.3 Å². The molecule has 0 spiro atoms. The Labute approximate surface area is 99.9 Å². The van der Waals surface area contributed by atoms with E-state index in [1.165, 1.54) is 5.56 Å². The van der Waals surface area contributed by atoms with Gasteiger partial charge >= 0.3 is 5.97 Å². The first-order valence-electron chi connectivity index (χ1n) is 5.98. The topological polar surface area (TPSA) is 47.6 Å². The van der Waals surface area contributed by atoms with E-state index in [-0.39, 0.29) is 12.1 Å². The van der Waals surface area contributed by atoms with Gasteiger partial charge in [0.2, 0.25) is 0 Å². The molecule has 0 aliphatic carbocycles. The fourth-order valence-corrected chi connectivity index (χ4v) is 2.24. The van der Waals surface area contributed by atoms with Gasteiger partial charge in [0.05, 0.1) is 18.8 Å². The number of carbonyl (C=O) groups is 1. The maximum atomic E-state index is 11.9. The van der Waals surface area contributed by atoms with Gasteiger partial charge in [0.1, 0.15) is 6.10 Å². The first-order valence-corrected chi connectivity index (χ1v) is 5.98. The minimum Gasteiger partial charge on any atom is -0.456 e. The molecule has 2 aliphatic rings. The smallest absolute Gasteiger partial charge is 0.338 e. The summed E-state index contributed by atoms with van der Waals surface area (Å²) >= 11 is 0. The van der Waals surface area contributed by atoms with Gasteiger partial charge in [0, 0.05) is 18.7 Å². The van der Waals surface area contributed by atoms with Crippen molar-refractivity contribution in [1.82, 2.24) is 0 Å². The number of hydrogen-bond donors (Lipinski definition) is 1. The summed E-state index contributed by atoms with van der Waals surface area (Å²) in [5, 5.41) is 3.26. The second kappa shape index (κ2) is 4.37. The van der Waals surface area contributed by atoms with E-state index in [1.54, 1.807) is 0 Å². The fourth-order valence-electron chi connectivity index (χ4n) is 2.24. The van der Waals surface area contributed by atoms with E-state index in [1.807, 2.05) is 18.2 Å². The fraction of sp³-hybridized carbons (Fsp3) is 0.462. The molecule has 0 amide bonds. The standard InChI is InChI=1S/C13H15NO3/c15-13(17-11-4-6-16-8-11)10-2-1-9-3-5-14-12(9)7-10/h1-2,7,11,14H,3-6,8H2. The number of benzene rings is 1. The Bertz CT molecular complexity index is 438. The second-order valence-electron chi connectivity index (χ2n) is 4.44. The summed E-state index contributed by atoms with van der Waals surface area (Å²) in [5.74, 6) is -0.253. The zero-order valence-corrected chi connectivity index (χ0v) is 9.57. The summed E-state index contributed by atoms with van der Waals surface area (Å²) in [7, 11) is 0.